The van der Waals surface area contributed by atoms with E-state index >= 15 is 0 Å². The van der Waals surface area contributed by atoms with Gasteiger partial charge in [0.2, 0.25) is 0 Å². The molecular formula is C15H16N2O2. The van der Waals surface area contributed by atoms with Gasteiger partial charge in [0, 0.05) is 12.7 Å². The van der Waals surface area contributed by atoms with Crippen molar-refractivity contribution in [2.24, 2.45) is 0 Å². The molecule has 2 rings (SSSR count). The highest BCUT2D eigenvalue weighted by atomic mass is 16.4. The highest BCUT2D eigenvalue weighted by Gasteiger charge is 2.07. The first-order valence-electron chi connectivity index (χ1n) is 6.14. The van der Waals surface area contributed by atoms with Crippen LogP contribution in [0, 0.1) is 0 Å². The number of aromatic carboxylic acids is 1. The van der Waals surface area contributed by atoms with Crippen LogP contribution in [0.5, 0.6) is 0 Å². The molecule has 0 unspecified atom stereocenters. The third kappa shape index (κ3) is 2.91. The number of pyridine rings is 1. The SMILES string of the molecule is CCc1ccc(N(C)c2ccc(C(=O)O)nc2)cc1. The second-order valence-electron chi connectivity index (χ2n) is 4.29. The highest BCUT2D eigenvalue weighted by molar-refractivity contribution is 5.85. The van der Waals surface area contributed by atoms with Crippen molar-refractivity contribution in [3.8, 4) is 0 Å². The molecule has 0 aliphatic heterocycles. The number of carbonyl (C=O) groups is 1. The maximum Gasteiger partial charge on any atom is 0.354 e. The Morgan fingerprint density at radius 1 is 1.16 bits per heavy atom. The number of anilines is 2. The van der Waals surface area contributed by atoms with Crippen LogP contribution in [-0.4, -0.2) is 23.1 Å². The monoisotopic (exact) mass is 256 g/mol. The van der Waals surface area contributed by atoms with Crippen molar-refractivity contribution in [3.05, 3.63) is 53.9 Å². The lowest BCUT2D eigenvalue weighted by Crippen LogP contribution is -2.10. The van der Waals surface area contributed by atoms with Gasteiger partial charge in [-0.05, 0) is 36.2 Å². The maximum absolute atomic E-state index is 10.7. The minimum atomic E-state index is -1.01. The fourth-order valence-corrected chi connectivity index (χ4v) is 1.82. The van der Waals surface area contributed by atoms with Gasteiger partial charge in [-0.15, -0.1) is 0 Å². The van der Waals surface area contributed by atoms with E-state index in [1.54, 1.807) is 12.3 Å². The molecule has 0 saturated heterocycles. The smallest absolute Gasteiger partial charge is 0.354 e. The molecule has 0 fully saturated rings. The molecule has 0 saturated carbocycles. The van der Waals surface area contributed by atoms with Gasteiger partial charge in [-0.2, -0.15) is 0 Å². The number of aromatic nitrogens is 1. The predicted molar refractivity (Wildman–Crippen MR) is 75.1 cm³/mol. The molecule has 1 N–H and O–H groups in total. The average molecular weight is 256 g/mol. The van der Waals surface area contributed by atoms with Crippen LogP contribution in [0.2, 0.25) is 0 Å². The summed E-state index contributed by atoms with van der Waals surface area (Å²) in [5.41, 5.74) is 3.24. The van der Waals surface area contributed by atoms with E-state index in [-0.39, 0.29) is 5.69 Å². The molecule has 0 bridgehead atoms. The van der Waals surface area contributed by atoms with Crippen molar-refractivity contribution < 1.29 is 9.90 Å². The van der Waals surface area contributed by atoms with Gasteiger partial charge in [-0.3, -0.25) is 0 Å². The Morgan fingerprint density at radius 2 is 1.79 bits per heavy atom. The first kappa shape index (κ1) is 13.1. The van der Waals surface area contributed by atoms with Crippen molar-refractivity contribution in [3.63, 3.8) is 0 Å². The van der Waals surface area contributed by atoms with Crippen LogP contribution in [0.4, 0.5) is 11.4 Å². The minimum absolute atomic E-state index is 0.0541. The third-order valence-corrected chi connectivity index (χ3v) is 3.09. The number of carboxylic acid groups (broad SMARTS) is 1. The molecule has 0 spiro atoms. The second-order valence-corrected chi connectivity index (χ2v) is 4.29. The third-order valence-electron chi connectivity index (χ3n) is 3.09. The Kier molecular flexibility index (Phi) is 3.80. The van der Waals surface area contributed by atoms with E-state index < -0.39 is 5.97 Å². The zero-order chi connectivity index (χ0) is 13.8. The molecule has 1 aromatic heterocycles. The van der Waals surface area contributed by atoms with Crippen molar-refractivity contribution in [1.29, 1.82) is 0 Å². The lowest BCUT2D eigenvalue weighted by Gasteiger charge is -2.19. The Balaban J connectivity index is 2.22. The summed E-state index contributed by atoms with van der Waals surface area (Å²) >= 11 is 0. The molecule has 2 aromatic rings. The van der Waals surface area contributed by atoms with Gasteiger partial charge >= 0.3 is 5.97 Å². The Labute approximate surface area is 112 Å². The summed E-state index contributed by atoms with van der Waals surface area (Å²) in [6, 6.07) is 11.5. The summed E-state index contributed by atoms with van der Waals surface area (Å²) in [4.78, 5) is 16.6. The molecule has 1 aromatic carbocycles. The number of hydrogen-bond donors (Lipinski definition) is 1. The van der Waals surface area contributed by atoms with Gasteiger partial charge in [0.05, 0.1) is 11.9 Å². The summed E-state index contributed by atoms with van der Waals surface area (Å²) in [7, 11) is 1.93. The number of benzene rings is 1. The summed E-state index contributed by atoms with van der Waals surface area (Å²) in [6.45, 7) is 2.12. The zero-order valence-electron chi connectivity index (χ0n) is 11.0. The number of hydrogen-bond acceptors (Lipinski definition) is 3. The molecule has 98 valence electrons. The van der Waals surface area contributed by atoms with E-state index in [9.17, 15) is 4.79 Å². The molecule has 0 atom stereocenters. The highest BCUT2D eigenvalue weighted by Crippen LogP contribution is 2.23. The van der Waals surface area contributed by atoms with Gasteiger partial charge in [0.25, 0.3) is 0 Å². The second kappa shape index (κ2) is 5.52. The van der Waals surface area contributed by atoms with E-state index in [1.165, 1.54) is 11.6 Å². The Hall–Kier alpha value is -2.36. The average Bonchev–Trinajstić information content (AvgIpc) is 2.46. The van der Waals surface area contributed by atoms with Gasteiger partial charge < -0.3 is 10.0 Å². The van der Waals surface area contributed by atoms with Crippen LogP contribution >= 0.6 is 0 Å². The molecular weight excluding hydrogens is 240 g/mol. The van der Waals surface area contributed by atoms with Crippen LogP contribution in [0.15, 0.2) is 42.6 Å². The standard InChI is InChI=1S/C15H16N2O2/c1-3-11-4-6-12(7-5-11)17(2)13-8-9-14(15(18)19)16-10-13/h4-10H,3H2,1-2H3,(H,18,19). The van der Waals surface area contributed by atoms with Crippen molar-refractivity contribution in [2.45, 2.75) is 13.3 Å². The summed E-state index contributed by atoms with van der Waals surface area (Å²) < 4.78 is 0. The van der Waals surface area contributed by atoms with E-state index in [2.05, 4.69) is 24.0 Å². The topological polar surface area (TPSA) is 53.4 Å². The van der Waals surface area contributed by atoms with Gasteiger partial charge in [-0.1, -0.05) is 19.1 Å². The molecule has 1 heterocycles. The largest absolute Gasteiger partial charge is 0.477 e. The summed E-state index contributed by atoms with van der Waals surface area (Å²) in [6.07, 6.45) is 2.58. The van der Waals surface area contributed by atoms with E-state index in [0.717, 1.165) is 17.8 Å². The minimum Gasteiger partial charge on any atom is -0.477 e. The van der Waals surface area contributed by atoms with E-state index in [4.69, 9.17) is 5.11 Å². The van der Waals surface area contributed by atoms with Crippen molar-refractivity contribution >= 4 is 17.3 Å². The lowest BCUT2D eigenvalue weighted by atomic mass is 10.1. The summed E-state index contributed by atoms with van der Waals surface area (Å²) in [5, 5.41) is 8.81. The van der Waals surface area contributed by atoms with Crippen LogP contribution in [0.3, 0.4) is 0 Å². The number of aryl methyl sites for hydroxylation is 1. The van der Waals surface area contributed by atoms with Gasteiger partial charge in [-0.25, -0.2) is 9.78 Å². The van der Waals surface area contributed by atoms with Gasteiger partial charge in [0.1, 0.15) is 5.69 Å². The molecule has 0 radical (unpaired) electrons. The van der Waals surface area contributed by atoms with E-state index in [0.29, 0.717) is 0 Å². The molecule has 0 aliphatic carbocycles. The number of rotatable bonds is 4. The lowest BCUT2D eigenvalue weighted by molar-refractivity contribution is 0.0690. The van der Waals surface area contributed by atoms with Crippen LogP contribution < -0.4 is 4.90 Å². The van der Waals surface area contributed by atoms with Gasteiger partial charge in [0.15, 0.2) is 0 Å². The first-order chi connectivity index (χ1) is 9.11. The molecule has 0 aliphatic rings. The first-order valence-corrected chi connectivity index (χ1v) is 6.14. The van der Waals surface area contributed by atoms with Crippen LogP contribution in [-0.2, 0) is 6.42 Å². The number of carboxylic acids is 1. The molecule has 4 nitrogen and oxygen atoms in total. The fourth-order valence-electron chi connectivity index (χ4n) is 1.82. The quantitative estimate of drug-likeness (QED) is 0.913. The maximum atomic E-state index is 10.7. The van der Waals surface area contributed by atoms with Crippen molar-refractivity contribution in [1.82, 2.24) is 4.98 Å². The Morgan fingerprint density at radius 3 is 2.26 bits per heavy atom. The zero-order valence-corrected chi connectivity index (χ0v) is 11.0. The molecule has 19 heavy (non-hydrogen) atoms. The van der Waals surface area contributed by atoms with E-state index in [1.807, 2.05) is 24.1 Å². The van der Waals surface area contributed by atoms with Crippen molar-refractivity contribution in [2.75, 3.05) is 11.9 Å². The number of nitrogens with zero attached hydrogens (tertiary/aromatic N) is 2. The van der Waals surface area contributed by atoms with Crippen LogP contribution in [0.1, 0.15) is 23.0 Å². The Bertz CT molecular complexity index is 562. The summed E-state index contributed by atoms with van der Waals surface area (Å²) in [5.74, 6) is -1.01. The fraction of sp³-hybridized carbons (Fsp3) is 0.200. The predicted octanol–water partition coefficient (Wildman–Crippen LogP) is 3.11. The molecule has 4 heteroatoms. The molecule has 0 amide bonds. The normalized spacial score (nSPS) is 10.2. The van der Waals surface area contributed by atoms with Crippen LogP contribution in [0.25, 0.3) is 0 Å².